The van der Waals surface area contributed by atoms with Crippen molar-refractivity contribution in [3.05, 3.63) is 12.1 Å². The molecule has 1 aromatic carbocycles. The molecular formula is C6H4K3NO9S3. The summed E-state index contributed by atoms with van der Waals surface area (Å²) in [4.78, 5) is -4.58. The SMILES string of the molecule is Nc1c(S(=O)(=O)[O-])ccc(S(=O)(=O)[O-])c1S(=O)(=O)[O-].[K+].[K+].[K+]. The number of rotatable bonds is 3. The molecule has 0 fully saturated rings. The average Bonchev–Trinajstić information content (AvgIpc) is 2.11. The summed E-state index contributed by atoms with van der Waals surface area (Å²) in [7, 11) is -16.2. The van der Waals surface area contributed by atoms with Gasteiger partial charge >= 0.3 is 154 Å². The molecule has 0 saturated carbocycles. The minimum atomic E-state index is -5.59. The van der Waals surface area contributed by atoms with Gasteiger partial charge in [0.05, 0.1) is 20.4 Å². The Labute approximate surface area is 254 Å². The summed E-state index contributed by atoms with van der Waals surface area (Å²) in [5, 5.41) is 0. The molecule has 22 heavy (non-hydrogen) atoms. The minimum absolute atomic E-state index is 0. The molecule has 108 valence electrons. The standard InChI is InChI=1S/C6H7NO9S3.3K/c7-5-3(17(8,9)10)1-2-4(18(11,12)13)6(5)19(14,15)16;;;/h1-2H,7H2,(H,8,9,10)(H,11,12,13)(H,14,15,16);;;/q;3*+1/p-3. The van der Waals surface area contributed by atoms with E-state index in [0.29, 0.717) is 6.07 Å². The van der Waals surface area contributed by atoms with E-state index in [4.69, 9.17) is 5.73 Å². The Hall–Kier alpha value is 3.66. The van der Waals surface area contributed by atoms with Crippen molar-refractivity contribution < 1.29 is 193 Å². The van der Waals surface area contributed by atoms with Crippen molar-refractivity contribution in [2.45, 2.75) is 14.7 Å². The largest absolute Gasteiger partial charge is 1.00 e. The summed E-state index contributed by atoms with van der Waals surface area (Å²) in [6.45, 7) is 0. The summed E-state index contributed by atoms with van der Waals surface area (Å²) in [6.07, 6.45) is 0. The summed E-state index contributed by atoms with van der Waals surface area (Å²) in [5.41, 5.74) is 3.59. The van der Waals surface area contributed by atoms with E-state index in [9.17, 15) is 38.9 Å². The Kier molecular flexibility index (Phi) is 15.0. The van der Waals surface area contributed by atoms with E-state index in [-0.39, 0.29) is 160 Å². The van der Waals surface area contributed by atoms with E-state index in [1.54, 1.807) is 0 Å². The Bertz CT molecular complexity index is 847. The van der Waals surface area contributed by atoms with Crippen molar-refractivity contribution in [3.63, 3.8) is 0 Å². The van der Waals surface area contributed by atoms with Crippen molar-refractivity contribution in [1.29, 1.82) is 0 Å². The Balaban J connectivity index is -0.00000120. The fourth-order valence-corrected chi connectivity index (χ4v) is 3.78. The first-order valence-corrected chi connectivity index (χ1v) is 8.29. The molecule has 0 aliphatic heterocycles. The van der Waals surface area contributed by atoms with Gasteiger partial charge in [-0.15, -0.1) is 0 Å². The van der Waals surface area contributed by atoms with Crippen LogP contribution >= 0.6 is 0 Å². The molecule has 0 amide bonds. The normalized spacial score (nSPS) is 11.6. The third-order valence-corrected chi connectivity index (χ3v) is 4.75. The zero-order valence-electron chi connectivity index (χ0n) is 11.6. The average molecular weight is 448 g/mol. The second kappa shape index (κ2) is 10.9. The molecule has 2 N–H and O–H groups in total. The van der Waals surface area contributed by atoms with Gasteiger partial charge in [0, 0.05) is 0 Å². The van der Waals surface area contributed by atoms with Gasteiger partial charge in [0.25, 0.3) is 0 Å². The smallest absolute Gasteiger partial charge is 0.744 e. The Morgan fingerprint density at radius 3 is 1.27 bits per heavy atom. The topological polar surface area (TPSA) is 198 Å². The number of nitrogen functional groups attached to an aromatic ring is 1. The van der Waals surface area contributed by atoms with E-state index in [1.165, 1.54) is 0 Å². The molecule has 1 aromatic rings. The van der Waals surface area contributed by atoms with Gasteiger partial charge in [0.2, 0.25) is 0 Å². The van der Waals surface area contributed by atoms with Crippen LogP contribution in [0.25, 0.3) is 0 Å². The number of anilines is 1. The molecule has 0 bridgehead atoms. The molecular weight excluding hydrogens is 444 g/mol. The Morgan fingerprint density at radius 1 is 0.682 bits per heavy atom. The maximum absolute atomic E-state index is 10.9. The Morgan fingerprint density at radius 2 is 1.00 bits per heavy atom. The van der Waals surface area contributed by atoms with E-state index in [2.05, 4.69) is 0 Å². The molecule has 10 nitrogen and oxygen atoms in total. The fourth-order valence-electron chi connectivity index (χ4n) is 1.23. The van der Waals surface area contributed by atoms with Crippen LogP contribution in [0.15, 0.2) is 26.8 Å². The van der Waals surface area contributed by atoms with E-state index >= 15 is 0 Å². The van der Waals surface area contributed by atoms with Crippen LogP contribution in [-0.4, -0.2) is 38.9 Å². The number of benzene rings is 1. The van der Waals surface area contributed by atoms with Crippen LogP contribution in [0.1, 0.15) is 0 Å². The summed E-state index contributed by atoms with van der Waals surface area (Å²) in [5.74, 6) is 0. The first-order chi connectivity index (χ1) is 8.26. The van der Waals surface area contributed by atoms with Crippen molar-refractivity contribution in [1.82, 2.24) is 0 Å². The van der Waals surface area contributed by atoms with Gasteiger partial charge in [-0.1, -0.05) is 0 Å². The van der Waals surface area contributed by atoms with Crippen molar-refractivity contribution in [2.24, 2.45) is 0 Å². The summed E-state index contributed by atoms with van der Waals surface area (Å²) >= 11 is 0. The molecule has 0 aliphatic rings. The van der Waals surface area contributed by atoms with Crippen molar-refractivity contribution >= 4 is 36.0 Å². The van der Waals surface area contributed by atoms with Crippen LogP contribution in [0, 0.1) is 0 Å². The molecule has 0 aromatic heterocycles. The number of hydrogen-bond donors (Lipinski definition) is 1. The van der Waals surface area contributed by atoms with Gasteiger partial charge in [0.1, 0.15) is 30.4 Å². The molecule has 0 saturated heterocycles. The molecule has 0 aliphatic carbocycles. The second-order valence-electron chi connectivity index (χ2n) is 3.17. The molecule has 1 rings (SSSR count). The maximum atomic E-state index is 10.9. The van der Waals surface area contributed by atoms with Gasteiger partial charge in [-0.25, -0.2) is 25.3 Å². The van der Waals surface area contributed by atoms with Crippen molar-refractivity contribution in [3.8, 4) is 0 Å². The number of nitrogens with two attached hydrogens (primary N) is 1. The molecule has 0 radical (unpaired) electrons. The molecule has 0 atom stereocenters. The molecule has 16 heteroatoms. The van der Waals surface area contributed by atoms with Crippen LogP contribution in [0.2, 0.25) is 0 Å². The second-order valence-corrected chi connectivity index (χ2v) is 7.18. The summed E-state index contributed by atoms with van der Waals surface area (Å²) < 4.78 is 97.1. The van der Waals surface area contributed by atoms with Gasteiger partial charge in [0.15, 0.2) is 0 Å². The van der Waals surface area contributed by atoms with Crippen LogP contribution in [0.3, 0.4) is 0 Å². The molecule has 0 heterocycles. The number of hydrogen-bond acceptors (Lipinski definition) is 10. The van der Waals surface area contributed by atoms with Crippen molar-refractivity contribution in [2.75, 3.05) is 5.73 Å². The van der Waals surface area contributed by atoms with Crippen LogP contribution in [-0.2, 0) is 30.4 Å². The first kappa shape index (κ1) is 30.4. The van der Waals surface area contributed by atoms with Gasteiger partial charge in [-0.2, -0.15) is 0 Å². The fraction of sp³-hybridized carbons (Fsp3) is 0. The zero-order valence-corrected chi connectivity index (χ0v) is 23.4. The van der Waals surface area contributed by atoms with E-state index in [0.717, 1.165) is 0 Å². The zero-order chi connectivity index (χ0) is 15.2. The van der Waals surface area contributed by atoms with Crippen LogP contribution < -0.4 is 160 Å². The third kappa shape index (κ3) is 8.13. The monoisotopic (exact) mass is 447 g/mol. The van der Waals surface area contributed by atoms with Gasteiger partial charge in [-0.3, -0.25) is 0 Å². The molecule has 0 spiro atoms. The quantitative estimate of drug-likeness (QED) is 0.263. The minimum Gasteiger partial charge on any atom is -0.744 e. The van der Waals surface area contributed by atoms with Gasteiger partial charge < -0.3 is 19.4 Å². The van der Waals surface area contributed by atoms with E-state index < -0.39 is 50.7 Å². The predicted octanol–water partition coefficient (Wildman–Crippen LogP) is -11.0. The third-order valence-electron chi connectivity index (χ3n) is 1.91. The van der Waals surface area contributed by atoms with Gasteiger partial charge in [-0.05, 0) is 12.1 Å². The first-order valence-electron chi connectivity index (χ1n) is 4.06. The van der Waals surface area contributed by atoms with Crippen LogP contribution in [0.4, 0.5) is 5.69 Å². The maximum Gasteiger partial charge on any atom is 1.00 e. The van der Waals surface area contributed by atoms with E-state index in [1.807, 2.05) is 0 Å². The summed E-state index contributed by atoms with van der Waals surface area (Å²) in [6, 6.07) is 0.547. The molecule has 0 unspecified atom stereocenters. The predicted molar refractivity (Wildman–Crippen MR) is 54.7 cm³/mol. The van der Waals surface area contributed by atoms with Crippen LogP contribution in [0.5, 0.6) is 0 Å².